The van der Waals surface area contributed by atoms with Gasteiger partial charge in [-0.2, -0.15) is 0 Å². The monoisotopic (exact) mass is 436 g/mol. The third-order valence-electron chi connectivity index (χ3n) is 3.52. The summed E-state index contributed by atoms with van der Waals surface area (Å²) in [6.07, 6.45) is 2.78. The van der Waals surface area contributed by atoms with Crippen LogP contribution in [0.1, 0.15) is 47.1 Å². The highest BCUT2D eigenvalue weighted by atomic mass is 79.9. The molecule has 0 fully saturated rings. The predicted octanol–water partition coefficient (Wildman–Crippen LogP) is 3.76. The Balaban J connectivity index is 1.84. The number of benzene rings is 1. The number of rotatable bonds is 9. The molecule has 0 saturated heterocycles. The molecule has 2 amide bonds. The van der Waals surface area contributed by atoms with Gasteiger partial charge in [0.25, 0.3) is 5.91 Å². The number of hydrogen-bond acceptors (Lipinski definition) is 5. The number of nitrogens with one attached hydrogen (secondary N) is 2. The summed E-state index contributed by atoms with van der Waals surface area (Å²) in [5.74, 6) is -0.841. The number of hydrogen-bond donors (Lipinski definition) is 2. The molecule has 2 rings (SSSR count). The predicted molar refractivity (Wildman–Crippen MR) is 104 cm³/mol. The minimum absolute atomic E-state index is 0.192. The van der Waals surface area contributed by atoms with E-state index in [1.54, 1.807) is 30.3 Å². The van der Waals surface area contributed by atoms with Crippen LogP contribution in [0.4, 0.5) is 5.69 Å². The number of carbonyl (C=O) groups excluding carboxylic acids is 3. The van der Waals surface area contributed by atoms with Crippen molar-refractivity contribution < 1.29 is 23.5 Å². The summed E-state index contributed by atoms with van der Waals surface area (Å²) in [7, 11) is 0. The summed E-state index contributed by atoms with van der Waals surface area (Å²) in [5.41, 5.74) is 0.682. The van der Waals surface area contributed by atoms with Gasteiger partial charge in [-0.15, -0.1) is 0 Å². The Morgan fingerprint density at radius 3 is 2.74 bits per heavy atom. The molecule has 0 aliphatic rings. The lowest BCUT2D eigenvalue weighted by atomic mass is 10.1. The highest BCUT2D eigenvalue weighted by molar-refractivity contribution is 9.10. The molecular weight excluding hydrogens is 416 g/mol. The first kappa shape index (κ1) is 20.7. The zero-order valence-corrected chi connectivity index (χ0v) is 16.5. The van der Waals surface area contributed by atoms with Crippen molar-refractivity contribution in [3.05, 3.63) is 52.4 Å². The fourth-order valence-electron chi connectivity index (χ4n) is 2.23. The number of esters is 1. The first-order chi connectivity index (χ1) is 13.0. The van der Waals surface area contributed by atoms with Crippen LogP contribution >= 0.6 is 15.9 Å². The van der Waals surface area contributed by atoms with Crippen molar-refractivity contribution in [3.63, 3.8) is 0 Å². The number of ether oxygens (including phenoxy) is 1. The second-order valence-corrected chi connectivity index (χ2v) is 6.63. The molecule has 8 heteroatoms. The zero-order chi connectivity index (χ0) is 19.6. The van der Waals surface area contributed by atoms with Gasteiger partial charge >= 0.3 is 5.97 Å². The van der Waals surface area contributed by atoms with Crippen LogP contribution in [0.5, 0.6) is 0 Å². The Bertz CT molecular complexity index is 789. The van der Waals surface area contributed by atoms with Crippen molar-refractivity contribution >= 4 is 39.4 Å². The van der Waals surface area contributed by atoms with Gasteiger partial charge in [0.05, 0.1) is 24.1 Å². The average Bonchev–Trinajstić information content (AvgIpc) is 3.19. The van der Waals surface area contributed by atoms with Crippen molar-refractivity contribution in [2.75, 3.05) is 18.5 Å². The van der Waals surface area contributed by atoms with E-state index in [2.05, 4.69) is 26.6 Å². The molecule has 2 aromatic rings. The Hall–Kier alpha value is -2.61. The van der Waals surface area contributed by atoms with E-state index in [0.717, 1.165) is 0 Å². The van der Waals surface area contributed by atoms with E-state index in [9.17, 15) is 14.4 Å². The highest BCUT2D eigenvalue weighted by Crippen LogP contribution is 2.22. The molecule has 7 nitrogen and oxygen atoms in total. The van der Waals surface area contributed by atoms with Crippen molar-refractivity contribution in [2.45, 2.75) is 26.2 Å². The quantitative estimate of drug-likeness (QED) is 0.460. The van der Waals surface area contributed by atoms with Crippen LogP contribution in [0.3, 0.4) is 0 Å². The van der Waals surface area contributed by atoms with Gasteiger partial charge < -0.3 is 19.8 Å². The van der Waals surface area contributed by atoms with Gasteiger partial charge in [-0.3, -0.25) is 9.59 Å². The Kier molecular flexibility index (Phi) is 8.06. The molecule has 0 atom stereocenters. The zero-order valence-electron chi connectivity index (χ0n) is 14.9. The van der Waals surface area contributed by atoms with E-state index < -0.39 is 5.97 Å². The summed E-state index contributed by atoms with van der Waals surface area (Å²) in [4.78, 5) is 36.0. The van der Waals surface area contributed by atoms with Gasteiger partial charge in [-0.05, 0) is 43.2 Å². The van der Waals surface area contributed by atoms with Gasteiger partial charge in [0, 0.05) is 17.4 Å². The summed E-state index contributed by atoms with van der Waals surface area (Å²) in [6.45, 7) is 2.55. The Labute approximate surface area is 165 Å². The molecule has 27 heavy (non-hydrogen) atoms. The number of carbonyl (C=O) groups is 3. The minimum Gasteiger partial charge on any atom is -0.462 e. The molecule has 0 spiro atoms. The SMILES string of the molecule is CCCOC(=O)c1cc(Br)ccc1NC(=O)CCCNC(=O)c1ccco1. The Morgan fingerprint density at radius 2 is 2.04 bits per heavy atom. The van der Waals surface area contributed by atoms with Gasteiger partial charge in [-0.1, -0.05) is 22.9 Å². The third kappa shape index (κ3) is 6.56. The van der Waals surface area contributed by atoms with E-state index in [4.69, 9.17) is 9.15 Å². The molecule has 144 valence electrons. The van der Waals surface area contributed by atoms with Crippen LogP contribution in [-0.4, -0.2) is 30.9 Å². The molecule has 1 aromatic carbocycles. The Morgan fingerprint density at radius 1 is 1.22 bits per heavy atom. The van der Waals surface area contributed by atoms with E-state index in [1.807, 2.05) is 6.92 Å². The van der Waals surface area contributed by atoms with Crippen molar-refractivity contribution in [1.82, 2.24) is 5.32 Å². The summed E-state index contributed by atoms with van der Waals surface area (Å²) in [5, 5.41) is 5.39. The van der Waals surface area contributed by atoms with E-state index in [-0.39, 0.29) is 29.6 Å². The van der Waals surface area contributed by atoms with Crippen molar-refractivity contribution in [2.24, 2.45) is 0 Å². The van der Waals surface area contributed by atoms with Crippen LogP contribution < -0.4 is 10.6 Å². The molecule has 0 radical (unpaired) electrons. The maximum absolute atomic E-state index is 12.2. The van der Waals surface area contributed by atoms with Gasteiger partial charge in [0.2, 0.25) is 5.91 Å². The summed E-state index contributed by atoms with van der Waals surface area (Å²) in [6, 6.07) is 8.18. The second kappa shape index (κ2) is 10.5. The maximum Gasteiger partial charge on any atom is 0.340 e. The van der Waals surface area contributed by atoms with Crippen LogP contribution in [-0.2, 0) is 9.53 Å². The van der Waals surface area contributed by atoms with Gasteiger partial charge in [0.15, 0.2) is 5.76 Å². The van der Waals surface area contributed by atoms with Gasteiger partial charge in [0.1, 0.15) is 0 Å². The number of amides is 2. The first-order valence-electron chi connectivity index (χ1n) is 8.59. The molecule has 2 N–H and O–H groups in total. The van der Waals surface area contributed by atoms with E-state index in [0.29, 0.717) is 36.2 Å². The smallest absolute Gasteiger partial charge is 0.340 e. The molecular formula is C19H21BrN2O5. The largest absolute Gasteiger partial charge is 0.462 e. The van der Waals surface area contributed by atoms with Crippen LogP contribution in [0.2, 0.25) is 0 Å². The maximum atomic E-state index is 12.2. The van der Waals surface area contributed by atoms with Crippen LogP contribution in [0.25, 0.3) is 0 Å². The van der Waals surface area contributed by atoms with Crippen LogP contribution in [0.15, 0.2) is 45.5 Å². The molecule has 0 bridgehead atoms. The second-order valence-electron chi connectivity index (χ2n) is 5.71. The standard InChI is InChI=1S/C19H21BrN2O5/c1-2-10-27-19(25)14-12-13(20)7-8-15(14)22-17(23)6-3-9-21-18(24)16-5-4-11-26-16/h4-5,7-8,11-12H,2-3,6,9-10H2,1H3,(H,21,24)(H,22,23). The van der Waals surface area contributed by atoms with E-state index >= 15 is 0 Å². The molecule has 0 aliphatic carbocycles. The number of halogens is 1. The van der Waals surface area contributed by atoms with Gasteiger partial charge in [-0.25, -0.2) is 4.79 Å². The molecule has 0 aliphatic heterocycles. The third-order valence-corrected chi connectivity index (χ3v) is 4.02. The molecule has 0 unspecified atom stereocenters. The summed E-state index contributed by atoms with van der Waals surface area (Å²) >= 11 is 3.31. The fourth-order valence-corrected chi connectivity index (χ4v) is 2.59. The highest BCUT2D eigenvalue weighted by Gasteiger charge is 2.15. The molecule has 0 saturated carbocycles. The number of anilines is 1. The summed E-state index contributed by atoms with van der Waals surface area (Å²) < 4.78 is 10.8. The molecule has 1 heterocycles. The lowest BCUT2D eigenvalue weighted by Crippen LogP contribution is -2.25. The normalized spacial score (nSPS) is 10.3. The topological polar surface area (TPSA) is 97.6 Å². The number of furan rings is 1. The van der Waals surface area contributed by atoms with E-state index in [1.165, 1.54) is 6.26 Å². The van der Waals surface area contributed by atoms with Crippen molar-refractivity contribution in [3.8, 4) is 0 Å². The lowest BCUT2D eigenvalue weighted by Gasteiger charge is -2.11. The average molecular weight is 437 g/mol. The van der Waals surface area contributed by atoms with Crippen molar-refractivity contribution in [1.29, 1.82) is 0 Å². The molecule has 1 aromatic heterocycles. The van der Waals surface area contributed by atoms with Crippen LogP contribution in [0, 0.1) is 0 Å². The fraction of sp³-hybridized carbons (Fsp3) is 0.316. The first-order valence-corrected chi connectivity index (χ1v) is 9.38. The minimum atomic E-state index is -0.487. The lowest BCUT2D eigenvalue weighted by molar-refractivity contribution is -0.116.